The molecule has 0 unspecified atom stereocenters. The number of benzene rings is 1. The standard InChI is InChI=1S/C26H33ClN2O5/c1-5-14-12-29-9-8-26(20(29)11-16(14)18(13-32-2)25(31)34-4)24(30)21-22(28-26)19(27)10-17(15-6-7-15)23(21)33-3/h10,13-16,20,28H,5-9,11-12H2,1-4H3/b18-13+/t14-,16+,20+,26+/m1/s1. The van der Waals surface area contributed by atoms with Crippen molar-refractivity contribution in [3.05, 3.63) is 34.1 Å². The lowest BCUT2D eigenvalue weighted by molar-refractivity contribution is -0.137. The summed E-state index contributed by atoms with van der Waals surface area (Å²) in [7, 11) is 4.57. The SMILES string of the molecule is CC[C@@H]1CN2CC[C@]3(Nc4c(Cl)cc(C5CC5)c(OC)c4C3=O)[C@@H]2C[C@@H]1/C(=C\OC)C(=O)OC. The summed E-state index contributed by atoms with van der Waals surface area (Å²) < 4.78 is 16.2. The molecule has 1 aromatic carbocycles. The number of nitrogens with zero attached hydrogens (tertiary/aromatic N) is 1. The molecule has 1 spiro atoms. The van der Waals surface area contributed by atoms with Gasteiger partial charge in [-0.15, -0.1) is 0 Å². The first-order chi connectivity index (χ1) is 16.4. The van der Waals surface area contributed by atoms with E-state index in [1.807, 2.05) is 6.07 Å². The topological polar surface area (TPSA) is 77.1 Å². The van der Waals surface area contributed by atoms with Gasteiger partial charge in [-0.3, -0.25) is 9.69 Å². The molecule has 34 heavy (non-hydrogen) atoms. The normalized spacial score (nSPS) is 30.7. The van der Waals surface area contributed by atoms with Crippen molar-refractivity contribution >= 4 is 29.0 Å². The van der Waals surface area contributed by atoms with Gasteiger partial charge in [-0.05, 0) is 55.1 Å². The predicted octanol–water partition coefficient (Wildman–Crippen LogP) is 4.40. The third-order valence-corrected chi connectivity index (χ3v) is 8.67. The predicted molar refractivity (Wildman–Crippen MR) is 130 cm³/mol. The van der Waals surface area contributed by atoms with E-state index in [-0.39, 0.29) is 29.6 Å². The van der Waals surface area contributed by atoms with Crippen molar-refractivity contribution in [3.8, 4) is 5.75 Å². The number of hydrogen-bond acceptors (Lipinski definition) is 7. The highest BCUT2D eigenvalue weighted by Crippen LogP contribution is 2.55. The number of rotatable bonds is 6. The Labute approximate surface area is 205 Å². The summed E-state index contributed by atoms with van der Waals surface area (Å²) in [5, 5.41) is 4.16. The number of halogens is 1. The number of ketones is 1. The lowest BCUT2D eigenvalue weighted by atomic mass is 9.72. The van der Waals surface area contributed by atoms with Crippen molar-refractivity contribution in [2.75, 3.05) is 39.7 Å². The Bertz CT molecular complexity index is 1050. The average molecular weight is 489 g/mol. The fraction of sp³-hybridized carbons (Fsp3) is 0.615. The number of methoxy groups -OCH3 is 3. The maximum Gasteiger partial charge on any atom is 0.337 e. The Morgan fingerprint density at radius 2 is 2.09 bits per heavy atom. The van der Waals surface area contributed by atoms with Crippen LogP contribution >= 0.6 is 11.6 Å². The van der Waals surface area contributed by atoms with E-state index < -0.39 is 5.54 Å². The van der Waals surface area contributed by atoms with Crippen LogP contribution < -0.4 is 10.1 Å². The van der Waals surface area contributed by atoms with E-state index in [9.17, 15) is 9.59 Å². The zero-order valence-corrected chi connectivity index (χ0v) is 21.0. The number of ether oxygens (including phenoxy) is 3. The molecule has 4 aliphatic rings. The van der Waals surface area contributed by atoms with Crippen LogP contribution in [0.3, 0.4) is 0 Å². The van der Waals surface area contributed by atoms with E-state index in [0.717, 1.165) is 37.9 Å². The molecule has 1 aliphatic carbocycles. The van der Waals surface area contributed by atoms with E-state index in [1.165, 1.54) is 13.4 Å². The number of piperidine rings is 1. The van der Waals surface area contributed by atoms with E-state index in [1.54, 1.807) is 14.2 Å². The maximum atomic E-state index is 14.2. The second-order valence-electron chi connectivity index (χ2n) is 10.0. The second-order valence-corrected chi connectivity index (χ2v) is 10.4. The lowest BCUT2D eigenvalue weighted by Crippen LogP contribution is -2.57. The minimum atomic E-state index is -0.785. The minimum Gasteiger partial charge on any atom is -0.504 e. The highest BCUT2D eigenvalue weighted by Gasteiger charge is 2.60. The van der Waals surface area contributed by atoms with E-state index in [2.05, 4.69) is 17.1 Å². The van der Waals surface area contributed by atoms with Crippen LogP contribution in [0, 0.1) is 11.8 Å². The number of Topliss-reactive ketones (excluding diaryl/α,β-unsaturated/α-hetero) is 1. The summed E-state index contributed by atoms with van der Waals surface area (Å²) in [4.78, 5) is 29.2. The van der Waals surface area contributed by atoms with Gasteiger partial charge < -0.3 is 19.5 Å². The summed E-state index contributed by atoms with van der Waals surface area (Å²) in [6.07, 6.45) is 5.97. The Kier molecular flexibility index (Phi) is 6.05. The highest BCUT2D eigenvalue weighted by atomic mass is 35.5. The fourth-order valence-electron chi connectivity index (χ4n) is 6.53. The first kappa shape index (κ1) is 23.5. The summed E-state index contributed by atoms with van der Waals surface area (Å²) >= 11 is 6.73. The van der Waals surface area contributed by atoms with Crippen molar-refractivity contribution < 1.29 is 23.8 Å². The molecule has 0 amide bonds. The molecule has 7 nitrogen and oxygen atoms in total. The van der Waals surface area contributed by atoms with Crippen LogP contribution in [0.25, 0.3) is 0 Å². The third kappa shape index (κ3) is 3.42. The quantitative estimate of drug-likeness (QED) is 0.361. The molecular weight excluding hydrogens is 456 g/mol. The van der Waals surface area contributed by atoms with Gasteiger partial charge in [0.1, 0.15) is 11.3 Å². The zero-order valence-electron chi connectivity index (χ0n) is 20.3. The Morgan fingerprint density at radius 3 is 2.71 bits per heavy atom. The first-order valence-corrected chi connectivity index (χ1v) is 12.6. The fourth-order valence-corrected chi connectivity index (χ4v) is 6.79. The first-order valence-electron chi connectivity index (χ1n) is 12.2. The Balaban J connectivity index is 1.54. The van der Waals surface area contributed by atoms with Gasteiger partial charge in [0.25, 0.3) is 0 Å². The number of nitrogens with one attached hydrogen (secondary N) is 1. The molecule has 1 saturated carbocycles. The van der Waals surface area contributed by atoms with Crippen molar-refractivity contribution in [1.29, 1.82) is 0 Å². The van der Waals surface area contributed by atoms with E-state index >= 15 is 0 Å². The second kappa shape index (κ2) is 8.76. The molecule has 0 radical (unpaired) electrons. The van der Waals surface area contributed by atoms with Gasteiger partial charge in [0.15, 0.2) is 5.78 Å². The number of fused-ring (bicyclic) bond motifs is 3. The van der Waals surface area contributed by atoms with Crippen LogP contribution in [0.2, 0.25) is 5.02 Å². The molecule has 3 heterocycles. The van der Waals surface area contributed by atoms with Crippen LogP contribution in [-0.2, 0) is 14.3 Å². The van der Waals surface area contributed by atoms with Crippen molar-refractivity contribution in [2.45, 2.75) is 56.5 Å². The van der Waals surface area contributed by atoms with Gasteiger partial charge in [0, 0.05) is 19.1 Å². The lowest BCUT2D eigenvalue weighted by Gasteiger charge is -2.45. The number of anilines is 1. The molecule has 1 aromatic rings. The molecule has 3 fully saturated rings. The molecule has 8 heteroatoms. The van der Waals surface area contributed by atoms with E-state index in [0.29, 0.717) is 46.4 Å². The molecule has 0 bridgehead atoms. The highest BCUT2D eigenvalue weighted by molar-refractivity contribution is 6.36. The molecule has 3 aliphatic heterocycles. The van der Waals surface area contributed by atoms with Gasteiger partial charge in [0.2, 0.25) is 0 Å². The van der Waals surface area contributed by atoms with Crippen molar-refractivity contribution in [2.24, 2.45) is 11.8 Å². The molecule has 0 aromatic heterocycles. The summed E-state index contributed by atoms with van der Waals surface area (Å²) in [5.41, 5.74) is 2.07. The summed E-state index contributed by atoms with van der Waals surface area (Å²) in [6.45, 7) is 3.77. The maximum absolute atomic E-state index is 14.2. The van der Waals surface area contributed by atoms with Crippen LogP contribution in [0.1, 0.15) is 60.9 Å². The zero-order chi connectivity index (χ0) is 24.2. The third-order valence-electron chi connectivity index (χ3n) is 8.37. The minimum absolute atomic E-state index is 0.0558. The van der Waals surface area contributed by atoms with Gasteiger partial charge in [-0.2, -0.15) is 0 Å². The number of carbonyl (C=O) groups excluding carboxylic acids is 2. The smallest absolute Gasteiger partial charge is 0.337 e. The van der Waals surface area contributed by atoms with Crippen molar-refractivity contribution in [3.63, 3.8) is 0 Å². The number of carbonyl (C=O) groups is 2. The van der Waals surface area contributed by atoms with Gasteiger partial charge >= 0.3 is 5.97 Å². The van der Waals surface area contributed by atoms with Gasteiger partial charge in [0.05, 0.1) is 49.4 Å². The van der Waals surface area contributed by atoms with Crippen LogP contribution in [0.4, 0.5) is 5.69 Å². The number of hydrogen-bond donors (Lipinski definition) is 1. The monoisotopic (exact) mass is 488 g/mol. The average Bonchev–Trinajstić information content (AvgIpc) is 3.58. The van der Waals surface area contributed by atoms with Crippen LogP contribution in [0.5, 0.6) is 5.75 Å². The van der Waals surface area contributed by atoms with Gasteiger partial charge in [-0.1, -0.05) is 24.9 Å². The van der Waals surface area contributed by atoms with E-state index in [4.69, 9.17) is 25.8 Å². The largest absolute Gasteiger partial charge is 0.504 e. The Hall–Kier alpha value is -2.25. The molecule has 1 N–H and O–H groups in total. The van der Waals surface area contributed by atoms with Crippen LogP contribution in [0.15, 0.2) is 17.9 Å². The molecule has 4 atom stereocenters. The van der Waals surface area contributed by atoms with Crippen LogP contribution in [-0.4, -0.2) is 62.7 Å². The molecule has 5 rings (SSSR count). The molecular formula is C26H33ClN2O5. The van der Waals surface area contributed by atoms with Gasteiger partial charge in [-0.25, -0.2) is 4.79 Å². The summed E-state index contributed by atoms with van der Waals surface area (Å²) in [5.74, 6) is 0.965. The summed E-state index contributed by atoms with van der Waals surface area (Å²) in [6, 6.07) is 1.89. The van der Waals surface area contributed by atoms with Crippen molar-refractivity contribution in [1.82, 2.24) is 4.90 Å². The Morgan fingerprint density at radius 1 is 1.32 bits per heavy atom. The molecule has 184 valence electrons. The number of esters is 1. The molecule has 2 saturated heterocycles.